The van der Waals surface area contributed by atoms with E-state index in [4.69, 9.17) is 23.7 Å². The molecule has 0 spiro atoms. The summed E-state index contributed by atoms with van der Waals surface area (Å²) in [5.41, 5.74) is 0. The fourth-order valence-electron chi connectivity index (χ4n) is 2.27. The van der Waals surface area contributed by atoms with Crippen LogP contribution in [-0.4, -0.2) is 68.8 Å². The number of carbonyl (C=O) groups is 4. The molecule has 1 heterocycles. The molecular weight excluding hydrogens is 328 g/mol. The molecule has 5 atom stereocenters. The second kappa shape index (κ2) is 8.60. The number of hydrogen-bond acceptors (Lipinski definition) is 10. The lowest BCUT2D eigenvalue weighted by molar-refractivity contribution is -0.296. The highest BCUT2D eigenvalue weighted by Crippen LogP contribution is 2.29. The first-order valence-electron chi connectivity index (χ1n) is 6.99. The quantitative estimate of drug-likeness (QED) is 0.466. The van der Waals surface area contributed by atoms with Crippen LogP contribution in [0.4, 0.5) is 0 Å². The molecule has 0 aromatic heterocycles. The maximum absolute atomic E-state index is 11.9. The summed E-state index contributed by atoms with van der Waals surface area (Å²) < 4.78 is 30.3. The largest absolute Gasteiger partial charge is 0.467 e. The second-order valence-corrected chi connectivity index (χ2v) is 4.91. The molecule has 0 amide bonds. The molecule has 1 rings (SSSR count). The summed E-state index contributed by atoms with van der Waals surface area (Å²) in [4.78, 5) is 46.1. The second-order valence-electron chi connectivity index (χ2n) is 4.91. The third-order valence-electron chi connectivity index (χ3n) is 3.07. The van der Waals surface area contributed by atoms with Crippen molar-refractivity contribution in [3.63, 3.8) is 0 Å². The lowest BCUT2D eigenvalue weighted by Gasteiger charge is -2.42. The number of methoxy groups -OCH3 is 2. The average Bonchev–Trinajstić information content (AvgIpc) is 2.48. The molecule has 24 heavy (non-hydrogen) atoms. The lowest BCUT2D eigenvalue weighted by atomic mass is 9.97. The summed E-state index contributed by atoms with van der Waals surface area (Å²) in [5.74, 6) is -3.08. The van der Waals surface area contributed by atoms with Crippen LogP contribution in [0.5, 0.6) is 0 Å². The van der Waals surface area contributed by atoms with Gasteiger partial charge >= 0.3 is 23.9 Å². The van der Waals surface area contributed by atoms with Crippen LogP contribution in [-0.2, 0) is 47.6 Å². The highest BCUT2D eigenvalue weighted by Gasteiger charge is 2.54. The van der Waals surface area contributed by atoms with Crippen LogP contribution in [0.25, 0.3) is 0 Å². The van der Waals surface area contributed by atoms with Gasteiger partial charge in [0, 0.05) is 27.9 Å². The van der Waals surface area contributed by atoms with Gasteiger partial charge < -0.3 is 28.4 Å². The zero-order valence-electron chi connectivity index (χ0n) is 14.0. The minimum atomic E-state index is -1.43. The van der Waals surface area contributed by atoms with Gasteiger partial charge in [-0.3, -0.25) is 14.4 Å². The van der Waals surface area contributed by atoms with Gasteiger partial charge in [-0.05, 0) is 0 Å². The molecule has 0 N–H and O–H groups in total. The summed E-state index contributed by atoms with van der Waals surface area (Å²) in [6.07, 6.45) is -6.62. The van der Waals surface area contributed by atoms with Crippen molar-refractivity contribution in [3.05, 3.63) is 0 Å². The fraction of sp³-hybridized carbons (Fsp3) is 0.714. The summed E-state index contributed by atoms with van der Waals surface area (Å²) in [7, 11) is 2.35. The molecule has 0 unspecified atom stereocenters. The molecule has 10 nitrogen and oxygen atoms in total. The maximum atomic E-state index is 11.9. The zero-order chi connectivity index (χ0) is 18.4. The van der Waals surface area contributed by atoms with Gasteiger partial charge in [-0.1, -0.05) is 0 Å². The highest BCUT2D eigenvalue weighted by molar-refractivity contribution is 5.77. The smallest absolute Gasteiger partial charge is 0.339 e. The minimum absolute atomic E-state index is 0.708. The third-order valence-corrected chi connectivity index (χ3v) is 3.07. The molecule has 0 aromatic carbocycles. The Balaban J connectivity index is 3.28. The Labute approximate surface area is 138 Å². The van der Waals surface area contributed by atoms with Crippen molar-refractivity contribution in [1.82, 2.24) is 0 Å². The van der Waals surface area contributed by atoms with Gasteiger partial charge in [-0.15, -0.1) is 0 Å². The zero-order valence-corrected chi connectivity index (χ0v) is 14.0. The number of ether oxygens (including phenoxy) is 6. The van der Waals surface area contributed by atoms with E-state index in [1.807, 2.05) is 0 Å². The molecule has 136 valence electrons. The van der Waals surface area contributed by atoms with E-state index in [2.05, 4.69) is 4.74 Å². The SMILES string of the molecule is COC(=O)[C@H]1O[C@@H](OC)[C@H](OC(C)=O)[C@@H](OC(C)=O)[C@H]1OC(C)=O. The Morgan fingerprint density at radius 1 is 0.750 bits per heavy atom. The van der Waals surface area contributed by atoms with Gasteiger partial charge in [-0.2, -0.15) is 0 Å². The lowest BCUT2D eigenvalue weighted by Crippen LogP contribution is -2.63. The van der Waals surface area contributed by atoms with Gasteiger partial charge in [0.05, 0.1) is 7.11 Å². The average molecular weight is 348 g/mol. The van der Waals surface area contributed by atoms with Gasteiger partial charge in [0.15, 0.2) is 30.7 Å². The van der Waals surface area contributed by atoms with Crippen LogP contribution < -0.4 is 0 Å². The van der Waals surface area contributed by atoms with Crippen molar-refractivity contribution < 1.29 is 47.6 Å². The Bertz CT molecular complexity index is 502. The minimum Gasteiger partial charge on any atom is -0.467 e. The van der Waals surface area contributed by atoms with Gasteiger partial charge in [0.1, 0.15) is 0 Å². The summed E-state index contributed by atoms with van der Waals surface area (Å²) in [5, 5.41) is 0. The van der Waals surface area contributed by atoms with Crippen LogP contribution in [0, 0.1) is 0 Å². The van der Waals surface area contributed by atoms with Crippen molar-refractivity contribution >= 4 is 23.9 Å². The first-order chi connectivity index (χ1) is 11.2. The molecule has 1 aliphatic rings. The molecule has 0 aliphatic carbocycles. The van der Waals surface area contributed by atoms with Crippen molar-refractivity contribution in [2.24, 2.45) is 0 Å². The first kappa shape index (κ1) is 19.8. The van der Waals surface area contributed by atoms with Gasteiger partial charge in [0.25, 0.3) is 0 Å². The number of carbonyl (C=O) groups excluding carboxylic acids is 4. The summed E-state index contributed by atoms with van der Waals surface area (Å²) >= 11 is 0. The maximum Gasteiger partial charge on any atom is 0.339 e. The summed E-state index contributed by atoms with van der Waals surface area (Å²) in [6.45, 7) is 3.34. The van der Waals surface area contributed by atoms with Crippen LogP contribution in [0.15, 0.2) is 0 Å². The van der Waals surface area contributed by atoms with Crippen molar-refractivity contribution in [2.75, 3.05) is 14.2 Å². The van der Waals surface area contributed by atoms with E-state index in [9.17, 15) is 19.2 Å². The topological polar surface area (TPSA) is 124 Å². The molecule has 0 aromatic rings. The van der Waals surface area contributed by atoms with E-state index in [0.29, 0.717) is 0 Å². The predicted octanol–water partition coefficient (Wildman–Crippen LogP) is -0.674. The molecule has 0 saturated carbocycles. The Morgan fingerprint density at radius 2 is 1.21 bits per heavy atom. The summed E-state index contributed by atoms with van der Waals surface area (Å²) in [6, 6.07) is 0. The molecule has 0 radical (unpaired) electrons. The normalized spacial score (nSPS) is 29.3. The van der Waals surface area contributed by atoms with Crippen molar-refractivity contribution in [3.8, 4) is 0 Å². The van der Waals surface area contributed by atoms with E-state index in [0.717, 1.165) is 27.9 Å². The van der Waals surface area contributed by atoms with Crippen molar-refractivity contribution in [2.45, 2.75) is 51.5 Å². The monoisotopic (exact) mass is 348 g/mol. The van der Waals surface area contributed by atoms with Crippen LogP contribution in [0.2, 0.25) is 0 Å². The van der Waals surface area contributed by atoms with E-state index in [1.54, 1.807) is 0 Å². The number of rotatable bonds is 5. The molecule has 1 saturated heterocycles. The molecule has 0 bridgehead atoms. The van der Waals surface area contributed by atoms with E-state index >= 15 is 0 Å². The Morgan fingerprint density at radius 3 is 1.62 bits per heavy atom. The van der Waals surface area contributed by atoms with Crippen LogP contribution in [0.1, 0.15) is 20.8 Å². The standard InChI is InChI=1S/C14H20O10/c1-6(15)21-9-10(22-7(2)16)12(23-8(3)17)14(20-5)24-11(9)13(18)19-4/h9-12,14H,1-5H3/t9-,10+,11+,12-,14-/m1/s1. The van der Waals surface area contributed by atoms with E-state index in [1.165, 1.54) is 7.11 Å². The van der Waals surface area contributed by atoms with Crippen LogP contribution >= 0.6 is 0 Å². The fourth-order valence-corrected chi connectivity index (χ4v) is 2.27. The predicted molar refractivity (Wildman–Crippen MR) is 74.3 cm³/mol. The molecule has 1 aliphatic heterocycles. The number of hydrogen-bond donors (Lipinski definition) is 0. The van der Waals surface area contributed by atoms with Gasteiger partial charge in [0.2, 0.25) is 0 Å². The molecular formula is C14H20O10. The van der Waals surface area contributed by atoms with E-state index < -0.39 is 54.6 Å². The van der Waals surface area contributed by atoms with Gasteiger partial charge in [-0.25, -0.2) is 4.79 Å². The molecule has 1 fully saturated rings. The molecule has 10 heteroatoms. The number of esters is 4. The van der Waals surface area contributed by atoms with Crippen molar-refractivity contribution in [1.29, 1.82) is 0 Å². The Kier molecular flexibility index (Phi) is 7.11. The Hall–Kier alpha value is -2.20. The first-order valence-corrected chi connectivity index (χ1v) is 6.99. The third kappa shape index (κ3) is 4.90. The van der Waals surface area contributed by atoms with Crippen LogP contribution in [0.3, 0.4) is 0 Å². The highest BCUT2D eigenvalue weighted by atomic mass is 16.7. The van der Waals surface area contributed by atoms with E-state index in [-0.39, 0.29) is 0 Å².